The molecule has 235 valence electrons. The Kier molecular flexibility index (Phi) is 6.81. The Morgan fingerprint density at radius 2 is 0.653 bits per heavy atom. The number of halogens is 8. The number of aliphatic imine (C=N–C) groups is 4. The second-order valence-electron chi connectivity index (χ2n) is 11.4. The summed E-state index contributed by atoms with van der Waals surface area (Å²) in [5.41, 5.74) is 3.68. The van der Waals surface area contributed by atoms with Gasteiger partial charge in [0.15, 0.2) is 23.3 Å². The van der Waals surface area contributed by atoms with Crippen molar-refractivity contribution in [3.8, 4) is 0 Å². The molecule has 2 aromatic heterocycles. The first kappa shape index (κ1) is 30.9. The number of amidine groups is 4. The van der Waals surface area contributed by atoms with Gasteiger partial charge >= 0.3 is 15.7 Å². The van der Waals surface area contributed by atoms with Gasteiger partial charge in [0.05, 0.1) is 40.2 Å². The molecular weight excluding hydrogens is 807 g/mol. The largest absolute Gasteiger partial charge is 0.568 e. The molecule has 6 heterocycles. The Balaban J connectivity index is 1.47. The van der Waals surface area contributed by atoms with E-state index >= 15 is 0 Å². The smallest absolute Gasteiger partial charge is 0.389 e. The molecule has 0 spiro atoms. The van der Waals surface area contributed by atoms with Crippen molar-refractivity contribution < 1.29 is 0 Å². The summed E-state index contributed by atoms with van der Waals surface area (Å²) < 4.78 is 4.01. The second kappa shape index (κ2) is 10.8. The van der Waals surface area contributed by atoms with Crippen LogP contribution in [-0.2, 0) is 0 Å². The Morgan fingerprint density at radius 1 is 0.347 bits per heavy atom. The van der Waals surface area contributed by atoms with Crippen LogP contribution in [0.2, 0.25) is 40.2 Å². The van der Waals surface area contributed by atoms with Crippen LogP contribution in [0, 0.1) is 0 Å². The molecule has 0 atom stereocenters. The molecule has 0 saturated heterocycles. The van der Waals surface area contributed by atoms with E-state index in [4.69, 9.17) is 123 Å². The molecule has 4 aliphatic rings. The van der Waals surface area contributed by atoms with Gasteiger partial charge in [-0.15, -0.1) is 0 Å². The summed E-state index contributed by atoms with van der Waals surface area (Å²) in [6.07, 6.45) is 0. The van der Waals surface area contributed by atoms with Gasteiger partial charge in [0, 0.05) is 43.8 Å². The highest BCUT2D eigenvalue weighted by atomic mass is 35.5. The molecule has 4 aromatic carbocycles. The van der Waals surface area contributed by atoms with Crippen molar-refractivity contribution in [3.05, 3.63) is 122 Å². The molecule has 0 N–H and O–H groups in total. The van der Waals surface area contributed by atoms with Crippen molar-refractivity contribution >= 4 is 165 Å². The normalized spacial score (nSPS) is 15.1. The summed E-state index contributed by atoms with van der Waals surface area (Å²) >= 11 is 51.8. The zero-order valence-corrected chi connectivity index (χ0v) is 31.0. The topological polar surface area (TPSA) is 84.0 Å². The van der Waals surface area contributed by atoms with Crippen LogP contribution in [0.5, 0.6) is 0 Å². The molecule has 49 heavy (non-hydrogen) atoms. The van der Waals surface area contributed by atoms with Crippen molar-refractivity contribution in [2.45, 2.75) is 0 Å². The average Bonchev–Trinajstić information content (AvgIpc) is 3.72. The van der Waals surface area contributed by atoms with E-state index < -0.39 is 15.7 Å². The first-order valence-corrected chi connectivity index (χ1v) is 18.3. The number of hydrogen-bond donors (Lipinski definition) is 0. The quantitative estimate of drug-likeness (QED) is 0.137. The van der Waals surface area contributed by atoms with E-state index in [1.165, 1.54) is 0 Å². The van der Waals surface area contributed by atoms with Crippen molar-refractivity contribution in [2.75, 3.05) is 0 Å². The summed E-state index contributed by atoms with van der Waals surface area (Å²) in [6.45, 7) is 0. The van der Waals surface area contributed by atoms with Gasteiger partial charge in [-0.05, 0) is 48.5 Å². The fraction of sp³-hybridized carbons (Fsp3) is 0. The van der Waals surface area contributed by atoms with E-state index in [1.807, 2.05) is 7.10 Å². The fourth-order valence-electron chi connectivity index (χ4n) is 6.36. The zero-order chi connectivity index (χ0) is 33.6. The van der Waals surface area contributed by atoms with Gasteiger partial charge in [0.25, 0.3) is 0 Å². The van der Waals surface area contributed by atoms with Gasteiger partial charge in [-0.2, -0.15) is 0 Å². The molecule has 0 fully saturated rings. The Hall–Kier alpha value is -2.91. The lowest BCUT2D eigenvalue weighted by atomic mass is 10.1. The third-order valence-electron chi connectivity index (χ3n) is 8.58. The van der Waals surface area contributed by atoms with E-state index in [1.54, 1.807) is 48.5 Å². The predicted octanol–water partition coefficient (Wildman–Crippen LogP) is 9.70. The molecule has 8 nitrogen and oxygen atoms in total. The molecule has 0 saturated carbocycles. The van der Waals surface area contributed by atoms with Crippen LogP contribution < -0.4 is 11.0 Å². The minimum Gasteiger partial charge on any atom is -0.389 e. The monoisotopic (exact) mass is 811 g/mol. The highest BCUT2D eigenvalue weighted by Gasteiger charge is 2.32. The van der Waals surface area contributed by atoms with Crippen LogP contribution in [0.25, 0.3) is 21.5 Å². The molecule has 0 aliphatic carbocycles. The number of rotatable bonds is 0. The van der Waals surface area contributed by atoms with Gasteiger partial charge < -0.3 is 7.10 Å². The van der Waals surface area contributed by atoms with E-state index in [2.05, 4.69) is 0 Å². The molecule has 0 amide bonds. The summed E-state index contributed by atoms with van der Waals surface area (Å²) in [5.74, 6) is 2.59. The molecule has 0 unspecified atom stereocenters. The predicted molar refractivity (Wildman–Crippen MR) is 201 cm³/mol. The SMILES string of the molecule is Clc1cc2c(cc1Cl)C1=Nc3c4cc(Cl)c(Cl)cc4c4[n]3[Al][n]3c(c5cc(Cl)c(Cl)cc5c3=NC3=NC(=N4)c4cc(Cl)c(Cl)cc43)=NC2=N1. The standard InChI is InChI=1S/C32H8Cl8N8.Al/c33-17-1-9-10(2-18(17)34)26-41-25(9)45-27-11-3-19(35)20(36)4-12(11)29(42-27)47-31-15-7-23(39)24(40)8-16(15)32(44-31)48-30-14-6-22(38)21(37)5-13(14)28(43-30)46-26;/h1-8H;/q-2;+2. The maximum atomic E-state index is 6.65. The van der Waals surface area contributed by atoms with Gasteiger partial charge in [-0.1, -0.05) is 92.8 Å². The number of benzene rings is 4. The van der Waals surface area contributed by atoms with Gasteiger partial charge in [0.2, 0.25) is 0 Å². The lowest BCUT2D eigenvalue weighted by molar-refractivity contribution is 0.992. The van der Waals surface area contributed by atoms with Crippen molar-refractivity contribution in [3.63, 3.8) is 0 Å². The van der Waals surface area contributed by atoms with Crippen LogP contribution in [0.4, 0.5) is 11.6 Å². The summed E-state index contributed by atoms with van der Waals surface area (Å²) in [5, 5.41) is 5.54. The molecule has 17 heteroatoms. The highest BCUT2D eigenvalue weighted by molar-refractivity contribution is 6.46. The lowest BCUT2D eigenvalue weighted by Gasteiger charge is -2.11. The summed E-state index contributed by atoms with van der Waals surface area (Å²) in [4.78, 5) is 30.5. The third-order valence-corrected chi connectivity index (χ3v) is 12.9. The second-order valence-corrected chi connectivity index (χ2v) is 15.9. The zero-order valence-electron chi connectivity index (χ0n) is 23.8. The number of fused-ring (bicyclic) bond motifs is 14. The summed E-state index contributed by atoms with van der Waals surface area (Å²) in [7, 11) is 0. The van der Waals surface area contributed by atoms with E-state index in [9.17, 15) is 0 Å². The van der Waals surface area contributed by atoms with Crippen LogP contribution in [0.15, 0.2) is 78.5 Å². The van der Waals surface area contributed by atoms with Crippen LogP contribution in [0.3, 0.4) is 0 Å². The van der Waals surface area contributed by atoms with Gasteiger partial charge in [-0.25, -0.2) is 30.0 Å². The highest BCUT2D eigenvalue weighted by Crippen LogP contribution is 2.44. The average molecular weight is 815 g/mol. The third kappa shape index (κ3) is 4.46. The fourth-order valence-corrected chi connectivity index (χ4v) is 9.13. The number of hydrogen-bond acceptors (Lipinski definition) is 6. The van der Waals surface area contributed by atoms with Crippen LogP contribution in [0.1, 0.15) is 22.3 Å². The number of nitrogens with zero attached hydrogens (tertiary/aromatic N) is 8. The maximum absolute atomic E-state index is 6.65. The minimum atomic E-state index is -0.967. The number of aromatic nitrogens is 2. The lowest BCUT2D eigenvalue weighted by Crippen LogP contribution is -2.36. The van der Waals surface area contributed by atoms with Crippen LogP contribution in [-0.4, -0.2) is 46.1 Å². The first-order chi connectivity index (χ1) is 23.5. The molecule has 4 aliphatic heterocycles. The van der Waals surface area contributed by atoms with E-state index in [0.29, 0.717) is 130 Å². The molecular formula is C32H8AlCl8N8. The van der Waals surface area contributed by atoms with E-state index in [-0.39, 0.29) is 0 Å². The Labute approximate surface area is 321 Å². The van der Waals surface area contributed by atoms with Crippen molar-refractivity contribution in [2.24, 2.45) is 30.0 Å². The molecule has 6 bridgehead atoms. The maximum Gasteiger partial charge on any atom is 0.568 e. The molecule has 6 aromatic rings. The van der Waals surface area contributed by atoms with Gasteiger partial charge in [-0.3, -0.25) is 0 Å². The Morgan fingerprint density at radius 3 is 1.02 bits per heavy atom. The van der Waals surface area contributed by atoms with E-state index in [0.717, 1.165) is 0 Å². The minimum absolute atomic E-state index is 0.347. The van der Waals surface area contributed by atoms with Crippen LogP contribution >= 0.6 is 92.8 Å². The molecule has 10 rings (SSSR count). The van der Waals surface area contributed by atoms with Crippen molar-refractivity contribution in [1.29, 1.82) is 0 Å². The first-order valence-electron chi connectivity index (χ1n) is 14.2. The van der Waals surface area contributed by atoms with Crippen molar-refractivity contribution in [1.82, 2.24) is 7.10 Å². The van der Waals surface area contributed by atoms with Gasteiger partial charge in [0.1, 0.15) is 22.6 Å². The Bertz CT molecular complexity index is 2710. The summed E-state index contributed by atoms with van der Waals surface area (Å²) in [6, 6.07) is 14.0. The molecule has 1 radical (unpaired) electrons.